The molecule has 0 aliphatic rings. The molecule has 1 heterocycles. The average Bonchev–Trinajstić information content (AvgIpc) is 3.02. The minimum atomic E-state index is 0.219. The Bertz CT molecular complexity index is 987. The predicted octanol–water partition coefficient (Wildman–Crippen LogP) is 12.8. The van der Waals surface area contributed by atoms with E-state index in [1.807, 2.05) is 86.0 Å². The van der Waals surface area contributed by atoms with Gasteiger partial charge in [0.05, 0.1) is 0 Å². The second kappa shape index (κ2) is 21.6. The molecule has 4 rings (SSSR count). The summed E-state index contributed by atoms with van der Waals surface area (Å²) in [7, 11) is 0. The van der Waals surface area contributed by atoms with Crippen LogP contribution in [0, 0.1) is 0 Å². The maximum Gasteiger partial charge on any atom is 0.0273 e. The third kappa shape index (κ3) is 14.3. The molecule has 1 nitrogen and oxygen atoms in total. The predicted molar refractivity (Wildman–Crippen MR) is 184 cm³/mol. The van der Waals surface area contributed by atoms with E-state index in [0.29, 0.717) is 0 Å². The lowest BCUT2D eigenvalue weighted by Gasteiger charge is -2.19. The molecule has 0 aliphatic heterocycles. The zero-order chi connectivity index (χ0) is 31.2. The third-order valence-corrected chi connectivity index (χ3v) is 5.62. The Hall–Kier alpha value is -3.19. The molecule has 1 aromatic heterocycles. The number of aromatic nitrogens is 1. The number of hydrogen-bond donors (Lipinski definition) is 0. The van der Waals surface area contributed by atoms with Crippen molar-refractivity contribution in [3.05, 3.63) is 115 Å². The van der Waals surface area contributed by atoms with E-state index in [4.69, 9.17) is 0 Å². The Morgan fingerprint density at radius 1 is 0.350 bits per heavy atom. The number of pyridine rings is 1. The molecule has 0 atom stereocenters. The van der Waals surface area contributed by atoms with E-state index in [1.165, 1.54) is 33.4 Å². The maximum absolute atomic E-state index is 4.03. The molecule has 0 spiro atoms. The average molecular weight is 542 g/mol. The van der Waals surface area contributed by atoms with E-state index in [2.05, 4.69) is 119 Å². The van der Waals surface area contributed by atoms with Gasteiger partial charge in [0.15, 0.2) is 0 Å². The van der Waals surface area contributed by atoms with Gasteiger partial charge in [0, 0.05) is 12.4 Å². The summed E-state index contributed by atoms with van der Waals surface area (Å²) in [5, 5.41) is 0. The van der Waals surface area contributed by atoms with Gasteiger partial charge in [-0.3, -0.25) is 4.98 Å². The Labute approximate surface area is 249 Å². The van der Waals surface area contributed by atoms with Crippen molar-refractivity contribution in [3.63, 3.8) is 0 Å². The van der Waals surface area contributed by atoms with Crippen LogP contribution in [0.25, 0.3) is 22.3 Å². The fourth-order valence-corrected chi connectivity index (χ4v) is 3.50. The summed E-state index contributed by atoms with van der Waals surface area (Å²) in [6.07, 6.45) is 3.65. The van der Waals surface area contributed by atoms with Crippen LogP contribution >= 0.6 is 0 Å². The van der Waals surface area contributed by atoms with Crippen LogP contribution < -0.4 is 0 Å². The first-order valence-electron chi connectivity index (χ1n) is 15.3. The van der Waals surface area contributed by atoms with Crippen molar-refractivity contribution in [3.8, 4) is 22.3 Å². The standard InChI is InChI=1S/C16H18.C15H17N.4C2H6/c1-16(2,3)15-11-9-14(10-12-15)13-7-5-4-6-8-13;1-15(2,3)14-6-4-12(5-7-14)13-8-10-16-11-9-13;4*1-2/h4-12H,1-3H3;4-11H,1-3H3;4*1-2H3. The molecular formula is C39H59N. The fraction of sp³-hybridized carbons (Fsp3) is 0.410. The molecule has 4 aromatic rings. The van der Waals surface area contributed by atoms with Crippen LogP contribution in [0.2, 0.25) is 0 Å². The highest BCUT2D eigenvalue weighted by atomic mass is 14.6. The monoisotopic (exact) mass is 541 g/mol. The SMILES string of the molecule is CC.CC.CC.CC.CC(C)(C)c1ccc(-c2ccccc2)cc1.CC(C)(C)c1ccc(-c2ccncc2)cc1. The fourth-order valence-electron chi connectivity index (χ4n) is 3.50. The van der Waals surface area contributed by atoms with Gasteiger partial charge in [-0.1, -0.05) is 176 Å². The molecule has 0 unspecified atom stereocenters. The minimum Gasteiger partial charge on any atom is -0.265 e. The topological polar surface area (TPSA) is 12.9 Å². The van der Waals surface area contributed by atoms with Crippen molar-refractivity contribution < 1.29 is 0 Å². The van der Waals surface area contributed by atoms with E-state index in [-0.39, 0.29) is 10.8 Å². The van der Waals surface area contributed by atoms with E-state index >= 15 is 0 Å². The first kappa shape index (κ1) is 39.0. The summed E-state index contributed by atoms with van der Waals surface area (Å²) in [6, 6.07) is 32.2. The molecule has 3 aromatic carbocycles. The van der Waals surface area contributed by atoms with Gasteiger partial charge in [0.1, 0.15) is 0 Å². The Morgan fingerprint density at radius 2 is 0.625 bits per heavy atom. The van der Waals surface area contributed by atoms with Gasteiger partial charge < -0.3 is 0 Å². The van der Waals surface area contributed by atoms with Crippen molar-refractivity contribution in [1.29, 1.82) is 0 Å². The molecule has 40 heavy (non-hydrogen) atoms. The van der Waals surface area contributed by atoms with Gasteiger partial charge in [0.2, 0.25) is 0 Å². The summed E-state index contributed by atoms with van der Waals surface area (Å²) >= 11 is 0. The van der Waals surface area contributed by atoms with Gasteiger partial charge in [-0.2, -0.15) is 0 Å². The molecular weight excluding hydrogens is 482 g/mol. The Balaban J connectivity index is 0. The first-order valence-corrected chi connectivity index (χ1v) is 15.3. The van der Waals surface area contributed by atoms with Gasteiger partial charge in [-0.15, -0.1) is 0 Å². The van der Waals surface area contributed by atoms with Crippen molar-refractivity contribution in [2.75, 3.05) is 0 Å². The summed E-state index contributed by atoms with van der Waals surface area (Å²) in [5.74, 6) is 0. The highest BCUT2D eigenvalue weighted by Crippen LogP contribution is 2.27. The molecule has 0 bridgehead atoms. The molecule has 0 amide bonds. The van der Waals surface area contributed by atoms with Crippen molar-refractivity contribution in [2.45, 2.75) is 108 Å². The zero-order valence-corrected chi connectivity index (χ0v) is 28.3. The molecule has 0 aliphatic carbocycles. The van der Waals surface area contributed by atoms with Crippen LogP contribution in [0.5, 0.6) is 0 Å². The third-order valence-electron chi connectivity index (χ3n) is 5.62. The van der Waals surface area contributed by atoms with Crippen LogP contribution in [0.1, 0.15) is 108 Å². The lowest BCUT2D eigenvalue weighted by atomic mass is 9.86. The quantitative estimate of drug-likeness (QED) is 0.246. The van der Waals surface area contributed by atoms with E-state index in [9.17, 15) is 0 Å². The van der Waals surface area contributed by atoms with Gasteiger partial charge in [0.25, 0.3) is 0 Å². The molecule has 0 fully saturated rings. The van der Waals surface area contributed by atoms with E-state index < -0.39 is 0 Å². The summed E-state index contributed by atoms with van der Waals surface area (Å²) in [5.41, 5.74) is 8.23. The maximum atomic E-state index is 4.03. The van der Waals surface area contributed by atoms with Gasteiger partial charge in [-0.05, 0) is 56.3 Å². The number of benzene rings is 3. The zero-order valence-electron chi connectivity index (χ0n) is 28.3. The van der Waals surface area contributed by atoms with E-state index in [0.717, 1.165) is 0 Å². The molecule has 0 radical (unpaired) electrons. The van der Waals surface area contributed by atoms with E-state index in [1.54, 1.807) is 0 Å². The molecule has 0 saturated heterocycles. The second-order valence-electron chi connectivity index (χ2n) is 10.3. The molecule has 0 N–H and O–H groups in total. The summed E-state index contributed by atoms with van der Waals surface area (Å²) in [6.45, 7) is 29.4. The second-order valence-corrected chi connectivity index (χ2v) is 10.3. The van der Waals surface area contributed by atoms with Crippen LogP contribution in [-0.4, -0.2) is 4.98 Å². The van der Waals surface area contributed by atoms with Gasteiger partial charge in [-0.25, -0.2) is 0 Å². The lowest BCUT2D eigenvalue weighted by Crippen LogP contribution is -2.10. The van der Waals surface area contributed by atoms with Crippen LogP contribution in [0.4, 0.5) is 0 Å². The van der Waals surface area contributed by atoms with Crippen molar-refractivity contribution >= 4 is 0 Å². The molecule has 0 saturated carbocycles. The van der Waals surface area contributed by atoms with Crippen LogP contribution in [0.3, 0.4) is 0 Å². The first-order chi connectivity index (χ1) is 19.1. The smallest absolute Gasteiger partial charge is 0.0273 e. The highest BCUT2D eigenvalue weighted by Gasteiger charge is 2.13. The summed E-state index contributed by atoms with van der Waals surface area (Å²) in [4.78, 5) is 4.03. The Kier molecular flexibility index (Phi) is 21.0. The normalized spacial score (nSPS) is 9.75. The number of nitrogens with zero attached hydrogens (tertiary/aromatic N) is 1. The number of hydrogen-bond acceptors (Lipinski definition) is 1. The molecule has 1 heteroatoms. The largest absolute Gasteiger partial charge is 0.265 e. The lowest BCUT2D eigenvalue weighted by molar-refractivity contribution is 0.590. The van der Waals surface area contributed by atoms with Gasteiger partial charge >= 0.3 is 0 Å². The number of rotatable bonds is 2. The van der Waals surface area contributed by atoms with Crippen LogP contribution in [-0.2, 0) is 10.8 Å². The minimum absolute atomic E-state index is 0.219. The Morgan fingerprint density at radius 3 is 0.925 bits per heavy atom. The van der Waals surface area contributed by atoms with Crippen molar-refractivity contribution in [1.82, 2.24) is 4.98 Å². The molecule has 220 valence electrons. The van der Waals surface area contributed by atoms with Crippen molar-refractivity contribution in [2.24, 2.45) is 0 Å². The summed E-state index contributed by atoms with van der Waals surface area (Å²) < 4.78 is 0. The van der Waals surface area contributed by atoms with Crippen LogP contribution in [0.15, 0.2) is 103 Å². The highest BCUT2D eigenvalue weighted by molar-refractivity contribution is 5.64.